The molecule has 0 spiro atoms. The van der Waals surface area contributed by atoms with E-state index in [1.165, 1.54) is 11.7 Å². The van der Waals surface area contributed by atoms with Gasteiger partial charge >= 0.3 is 5.97 Å². The number of benzene rings is 2. The fourth-order valence-corrected chi connectivity index (χ4v) is 2.99. The van der Waals surface area contributed by atoms with Crippen molar-refractivity contribution in [3.8, 4) is 5.69 Å². The number of rotatable bonds is 6. The predicted octanol–water partition coefficient (Wildman–Crippen LogP) is 3.19. The van der Waals surface area contributed by atoms with E-state index in [2.05, 4.69) is 15.5 Å². The molecule has 3 rings (SSSR count). The highest BCUT2D eigenvalue weighted by Gasteiger charge is 2.20. The quantitative estimate of drug-likeness (QED) is 0.498. The zero-order valence-electron chi connectivity index (χ0n) is 17.2. The molecule has 1 aromatic heterocycles. The summed E-state index contributed by atoms with van der Waals surface area (Å²) in [4.78, 5) is 37.6. The Labute approximate surface area is 173 Å². The Balaban J connectivity index is 1.68. The van der Waals surface area contributed by atoms with E-state index in [1.807, 2.05) is 32.0 Å². The molecular formula is C22H22N4O4. The van der Waals surface area contributed by atoms with Crippen molar-refractivity contribution >= 4 is 23.3 Å². The lowest BCUT2D eigenvalue weighted by molar-refractivity contribution is -0.119. The first kappa shape index (κ1) is 20.9. The molecule has 0 aliphatic rings. The number of hydrogen-bond acceptors (Lipinski definition) is 6. The van der Waals surface area contributed by atoms with Gasteiger partial charge in [-0.25, -0.2) is 4.79 Å². The zero-order valence-corrected chi connectivity index (χ0v) is 17.2. The Morgan fingerprint density at radius 1 is 1.03 bits per heavy atom. The Bertz CT molecular complexity index is 1130. The summed E-state index contributed by atoms with van der Waals surface area (Å²) in [6.45, 7) is 6.46. The van der Waals surface area contributed by atoms with Crippen molar-refractivity contribution in [2.45, 2.75) is 27.7 Å². The number of hydrogen-bond donors (Lipinski definition) is 1. The van der Waals surface area contributed by atoms with Crippen molar-refractivity contribution in [1.29, 1.82) is 0 Å². The molecule has 0 aliphatic carbocycles. The summed E-state index contributed by atoms with van der Waals surface area (Å²) in [5, 5.41) is 11.1. The Hall–Kier alpha value is -3.81. The fourth-order valence-electron chi connectivity index (χ4n) is 2.99. The van der Waals surface area contributed by atoms with Gasteiger partial charge < -0.3 is 10.1 Å². The van der Waals surface area contributed by atoms with Gasteiger partial charge in [0.2, 0.25) is 0 Å². The van der Waals surface area contributed by atoms with Crippen LogP contribution in [0.3, 0.4) is 0 Å². The number of para-hydroxylation sites is 1. The van der Waals surface area contributed by atoms with Gasteiger partial charge in [-0.15, -0.1) is 5.10 Å². The summed E-state index contributed by atoms with van der Waals surface area (Å²) < 4.78 is 5.09. The standard InChI is InChI=1S/C22H22N4O4/c1-13-9-10-19(14(2)11-13)26-24-15(3)21(25-26)22(29)30-12-20(28)23-18-8-6-5-7-17(18)16(4)27/h5-11H,12H2,1-4H3,(H,23,28). The zero-order chi connectivity index (χ0) is 21.8. The summed E-state index contributed by atoms with van der Waals surface area (Å²) in [7, 11) is 0. The van der Waals surface area contributed by atoms with Crippen LogP contribution in [0, 0.1) is 20.8 Å². The maximum atomic E-state index is 12.4. The molecular weight excluding hydrogens is 384 g/mol. The Morgan fingerprint density at radius 2 is 1.77 bits per heavy atom. The van der Waals surface area contributed by atoms with E-state index in [-0.39, 0.29) is 11.5 Å². The highest BCUT2D eigenvalue weighted by atomic mass is 16.5. The summed E-state index contributed by atoms with van der Waals surface area (Å²) in [6, 6.07) is 12.4. The SMILES string of the molecule is CC(=O)c1ccccc1NC(=O)COC(=O)c1nn(-c2ccc(C)cc2C)nc1C. The first-order chi connectivity index (χ1) is 14.3. The lowest BCUT2D eigenvalue weighted by Gasteiger charge is -2.09. The first-order valence-corrected chi connectivity index (χ1v) is 9.34. The van der Waals surface area contributed by atoms with Crippen molar-refractivity contribution in [2.24, 2.45) is 0 Å². The van der Waals surface area contributed by atoms with E-state index < -0.39 is 18.5 Å². The fraction of sp³-hybridized carbons (Fsp3) is 0.227. The van der Waals surface area contributed by atoms with Gasteiger partial charge in [-0.05, 0) is 51.5 Å². The molecule has 0 saturated heterocycles. The lowest BCUT2D eigenvalue weighted by atomic mass is 10.1. The number of anilines is 1. The van der Waals surface area contributed by atoms with Crippen molar-refractivity contribution in [3.05, 3.63) is 70.5 Å². The number of nitrogens with one attached hydrogen (secondary N) is 1. The molecule has 8 nitrogen and oxygen atoms in total. The number of esters is 1. The minimum Gasteiger partial charge on any atom is -0.451 e. The topological polar surface area (TPSA) is 103 Å². The van der Waals surface area contributed by atoms with Crippen molar-refractivity contribution in [3.63, 3.8) is 0 Å². The minimum atomic E-state index is -0.751. The Kier molecular flexibility index (Phi) is 6.06. The number of ketones is 1. The molecule has 1 N–H and O–H groups in total. The van der Waals surface area contributed by atoms with Crippen LogP contribution in [0.4, 0.5) is 5.69 Å². The summed E-state index contributed by atoms with van der Waals surface area (Å²) in [5.41, 5.74) is 3.99. The van der Waals surface area contributed by atoms with Gasteiger partial charge in [-0.2, -0.15) is 9.90 Å². The number of aryl methyl sites for hydroxylation is 3. The van der Waals surface area contributed by atoms with Crippen molar-refractivity contribution in [2.75, 3.05) is 11.9 Å². The summed E-state index contributed by atoms with van der Waals surface area (Å²) in [6.07, 6.45) is 0. The molecule has 3 aromatic rings. The maximum Gasteiger partial charge on any atom is 0.361 e. The number of carbonyl (C=O) groups is 3. The monoisotopic (exact) mass is 406 g/mol. The summed E-state index contributed by atoms with van der Waals surface area (Å²) >= 11 is 0. The molecule has 1 heterocycles. The van der Waals surface area contributed by atoms with Gasteiger partial charge in [0.1, 0.15) is 0 Å². The third-order valence-corrected chi connectivity index (χ3v) is 4.46. The smallest absolute Gasteiger partial charge is 0.361 e. The average molecular weight is 406 g/mol. The van der Waals surface area contributed by atoms with Gasteiger partial charge in [-0.1, -0.05) is 29.8 Å². The molecule has 0 unspecified atom stereocenters. The predicted molar refractivity (Wildman–Crippen MR) is 111 cm³/mol. The molecule has 154 valence electrons. The van der Waals surface area contributed by atoms with Crippen molar-refractivity contribution < 1.29 is 19.1 Å². The number of carbonyl (C=O) groups excluding carboxylic acids is 3. The first-order valence-electron chi connectivity index (χ1n) is 9.34. The molecule has 0 aliphatic heterocycles. The van der Waals surface area contributed by atoms with Crippen LogP contribution >= 0.6 is 0 Å². The molecule has 2 aromatic carbocycles. The van der Waals surface area contributed by atoms with Gasteiger partial charge in [-0.3, -0.25) is 9.59 Å². The van der Waals surface area contributed by atoms with Crippen LogP contribution in [0.25, 0.3) is 5.69 Å². The van der Waals surface area contributed by atoms with E-state index in [1.54, 1.807) is 31.2 Å². The van der Waals surface area contributed by atoms with Crippen LogP contribution in [-0.4, -0.2) is 39.3 Å². The summed E-state index contributed by atoms with van der Waals surface area (Å²) in [5.74, 6) is -1.49. The molecule has 0 atom stereocenters. The number of nitrogens with zero attached hydrogens (tertiary/aromatic N) is 3. The Morgan fingerprint density at radius 3 is 2.47 bits per heavy atom. The van der Waals surface area contributed by atoms with Crippen LogP contribution in [0.2, 0.25) is 0 Å². The minimum absolute atomic E-state index is 0.0342. The third-order valence-electron chi connectivity index (χ3n) is 4.46. The molecule has 1 amide bonds. The molecule has 8 heteroatoms. The molecule has 0 bridgehead atoms. The number of aromatic nitrogens is 3. The number of Topliss-reactive ketones (excluding diaryl/α,β-unsaturated/α-hetero) is 1. The van der Waals surface area contributed by atoms with Crippen LogP contribution in [0.1, 0.15) is 44.6 Å². The molecule has 0 saturated carbocycles. The second kappa shape index (κ2) is 8.69. The molecule has 30 heavy (non-hydrogen) atoms. The van der Waals surface area contributed by atoms with E-state index in [0.717, 1.165) is 16.8 Å². The highest BCUT2D eigenvalue weighted by molar-refractivity contribution is 6.04. The highest BCUT2D eigenvalue weighted by Crippen LogP contribution is 2.17. The van der Waals surface area contributed by atoms with E-state index >= 15 is 0 Å². The van der Waals surface area contributed by atoms with Gasteiger partial charge in [0.05, 0.1) is 17.1 Å². The molecule has 0 fully saturated rings. The van der Waals surface area contributed by atoms with E-state index in [0.29, 0.717) is 16.9 Å². The van der Waals surface area contributed by atoms with Gasteiger partial charge in [0, 0.05) is 5.56 Å². The van der Waals surface area contributed by atoms with Crippen LogP contribution in [0.15, 0.2) is 42.5 Å². The van der Waals surface area contributed by atoms with Crippen LogP contribution in [-0.2, 0) is 9.53 Å². The number of amides is 1. The third kappa shape index (κ3) is 4.60. The largest absolute Gasteiger partial charge is 0.451 e. The second-order valence-electron chi connectivity index (χ2n) is 6.94. The number of ether oxygens (including phenoxy) is 1. The maximum absolute atomic E-state index is 12.4. The average Bonchev–Trinajstić information content (AvgIpc) is 3.07. The van der Waals surface area contributed by atoms with E-state index in [9.17, 15) is 14.4 Å². The van der Waals surface area contributed by atoms with Crippen LogP contribution < -0.4 is 5.32 Å². The normalized spacial score (nSPS) is 10.5. The second-order valence-corrected chi connectivity index (χ2v) is 6.94. The van der Waals surface area contributed by atoms with Gasteiger partial charge in [0.25, 0.3) is 5.91 Å². The van der Waals surface area contributed by atoms with Gasteiger partial charge in [0.15, 0.2) is 18.1 Å². The lowest BCUT2D eigenvalue weighted by Crippen LogP contribution is -2.22. The van der Waals surface area contributed by atoms with E-state index in [4.69, 9.17) is 4.74 Å². The van der Waals surface area contributed by atoms with Crippen molar-refractivity contribution in [1.82, 2.24) is 15.0 Å². The van der Waals surface area contributed by atoms with Crippen LogP contribution in [0.5, 0.6) is 0 Å². The molecule has 0 radical (unpaired) electrons.